The third-order valence-corrected chi connectivity index (χ3v) is 6.03. The second kappa shape index (κ2) is 9.01. The Balaban J connectivity index is 1.54. The number of carbonyl (C=O) groups excluding carboxylic acids is 1. The van der Waals surface area contributed by atoms with E-state index in [1.807, 2.05) is 44.2 Å². The van der Waals surface area contributed by atoms with Crippen molar-refractivity contribution < 1.29 is 4.79 Å². The zero-order chi connectivity index (χ0) is 22.0. The van der Waals surface area contributed by atoms with Gasteiger partial charge in [0, 0.05) is 6.54 Å². The van der Waals surface area contributed by atoms with Crippen LogP contribution in [-0.2, 0) is 4.79 Å². The number of aryl methyl sites for hydroxylation is 2. The molecule has 1 aliphatic rings. The van der Waals surface area contributed by atoms with Crippen molar-refractivity contribution in [1.82, 2.24) is 29.8 Å². The van der Waals surface area contributed by atoms with Gasteiger partial charge in [0.2, 0.25) is 5.91 Å². The molecule has 1 saturated heterocycles. The van der Waals surface area contributed by atoms with Crippen molar-refractivity contribution >= 4 is 16.8 Å². The van der Waals surface area contributed by atoms with E-state index in [4.69, 9.17) is 0 Å². The number of aromatic nitrogens is 4. The van der Waals surface area contributed by atoms with Crippen molar-refractivity contribution in [2.24, 2.45) is 0 Å². The lowest BCUT2D eigenvalue weighted by Crippen LogP contribution is -2.38. The Morgan fingerprint density at radius 3 is 2.55 bits per heavy atom. The highest BCUT2D eigenvalue weighted by molar-refractivity contribution is 5.84. The van der Waals surface area contributed by atoms with E-state index in [-0.39, 0.29) is 11.5 Å². The van der Waals surface area contributed by atoms with Crippen LogP contribution in [0.3, 0.4) is 0 Å². The fraction of sp³-hybridized carbons (Fsp3) is 0.478. The Hall–Kier alpha value is -3.00. The molecular weight excluding hydrogens is 392 g/mol. The molecule has 1 N–H and O–H groups in total. The van der Waals surface area contributed by atoms with Gasteiger partial charge in [-0.2, -0.15) is 10.2 Å². The maximum Gasteiger partial charge on any atom is 0.278 e. The molecule has 1 fully saturated rings. The van der Waals surface area contributed by atoms with Crippen LogP contribution in [0.4, 0.5) is 0 Å². The summed E-state index contributed by atoms with van der Waals surface area (Å²) in [7, 11) is 0. The van der Waals surface area contributed by atoms with Crippen molar-refractivity contribution in [1.29, 1.82) is 0 Å². The normalized spacial score (nSPS) is 15.5. The highest BCUT2D eigenvalue weighted by atomic mass is 16.2. The van der Waals surface area contributed by atoms with E-state index in [0.717, 1.165) is 37.4 Å². The molecule has 0 saturated carbocycles. The minimum Gasteiger partial charge on any atom is -0.354 e. The molecule has 8 nitrogen and oxygen atoms in total. The van der Waals surface area contributed by atoms with Crippen molar-refractivity contribution in [3.8, 4) is 5.69 Å². The van der Waals surface area contributed by atoms with Crippen LogP contribution in [0.2, 0.25) is 0 Å². The first-order valence-corrected chi connectivity index (χ1v) is 11.0. The fourth-order valence-corrected chi connectivity index (χ4v) is 4.24. The van der Waals surface area contributed by atoms with Crippen molar-refractivity contribution in [3.63, 3.8) is 0 Å². The molecule has 0 radical (unpaired) electrons. The second-order valence-electron chi connectivity index (χ2n) is 8.26. The summed E-state index contributed by atoms with van der Waals surface area (Å²) < 4.78 is 3.05. The number of hydrogen-bond donors (Lipinski definition) is 1. The molecule has 0 spiro atoms. The van der Waals surface area contributed by atoms with Gasteiger partial charge in [0.15, 0.2) is 0 Å². The number of rotatable bonds is 7. The van der Waals surface area contributed by atoms with Crippen molar-refractivity contribution in [3.05, 3.63) is 52.1 Å². The summed E-state index contributed by atoms with van der Waals surface area (Å²) in [5.74, 6) is -0.192. The van der Waals surface area contributed by atoms with Crippen molar-refractivity contribution in [2.45, 2.75) is 46.1 Å². The number of para-hydroxylation sites is 1. The second-order valence-corrected chi connectivity index (χ2v) is 8.26. The molecule has 1 atom stereocenters. The van der Waals surface area contributed by atoms with Crippen LogP contribution >= 0.6 is 0 Å². The number of nitrogens with zero attached hydrogens (tertiary/aromatic N) is 5. The maximum absolute atomic E-state index is 13.3. The van der Waals surface area contributed by atoms with Crippen LogP contribution in [0.1, 0.15) is 43.6 Å². The first kappa shape index (κ1) is 21.2. The molecule has 3 heterocycles. The first-order chi connectivity index (χ1) is 15.0. The van der Waals surface area contributed by atoms with Crippen LogP contribution in [0.5, 0.6) is 0 Å². The summed E-state index contributed by atoms with van der Waals surface area (Å²) >= 11 is 0. The van der Waals surface area contributed by atoms with Crippen LogP contribution in [0.25, 0.3) is 16.6 Å². The number of nitrogens with one attached hydrogen (secondary N) is 1. The molecule has 3 aromatic rings. The molecule has 1 unspecified atom stereocenters. The van der Waals surface area contributed by atoms with Gasteiger partial charge in [-0.15, -0.1) is 0 Å². The molecule has 1 aliphatic heterocycles. The minimum atomic E-state index is -0.693. The first-order valence-electron chi connectivity index (χ1n) is 11.0. The molecule has 0 bridgehead atoms. The predicted molar refractivity (Wildman–Crippen MR) is 121 cm³/mol. The van der Waals surface area contributed by atoms with Gasteiger partial charge in [0.25, 0.3) is 5.56 Å². The van der Waals surface area contributed by atoms with Gasteiger partial charge in [-0.1, -0.05) is 18.2 Å². The van der Waals surface area contributed by atoms with E-state index < -0.39 is 6.04 Å². The summed E-state index contributed by atoms with van der Waals surface area (Å²) in [6.07, 6.45) is 3.43. The average molecular weight is 423 g/mol. The summed E-state index contributed by atoms with van der Waals surface area (Å²) in [5, 5.41) is 12.5. The Morgan fingerprint density at radius 2 is 1.84 bits per heavy atom. The summed E-state index contributed by atoms with van der Waals surface area (Å²) in [6, 6.07) is 8.99. The highest BCUT2D eigenvalue weighted by Gasteiger charge is 2.23. The highest BCUT2D eigenvalue weighted by Crippen LogP contribution is 2.20. The number of carbonyl (C=O) groups is 1. The van der Waals surface area contributed by atoms with Gasteiger partial charge >= 0.3 is 0 Å². The Kier molecular flexibility index (Phi) is 6.18. The fourth-order valence-electron chi connectivity index (χ4n) is 4.24. The number of hydrogen-bond acceptors (Lipinski definition) is 5. The standard InChI is InChI=1S/C23H30N6O2/c1-16-21-20(17(2)28(26-21)19-10-5-4-6-11-19)23(31)29(25-16)18(3)22(30)24-12-9-15-27-13-7-8-14-27/h4-6,10-11,18H,7-9,12-15H2,1-3H3,(H,24,30). The van der Waals surface area contributed by atoms with E-state index in [1.54, 1.807) is 11.6 Å². The molecule has 1 aromatic carbocycles. The van der Waals surface area contributed by atoms with E-state index in [0.29, 0.717) is 23.1 Å². The smallest absolute Gasteiger partial charge is 0.278 e. The molecule has 1 amide bonds. The molecule has 31 heavy (non-hydrogen) atoms. The molecule has 164 valence electrons. The van der Waals surface area contributed by atoms with Crippen LogP contribution in [0, 0.1) is 13.8 Å². The van der Waals surface area contributed by atoms with Gasteiger partial charge in [-0.3, -0.25) is 9.59 Å². The lowest BCUT2D eigenvalue weighted by molar-refractivity contribution is -0.124. The van der Waals surface area contributed by atoms with Gasteiger partial charge in [-0.05, 0) is 71.8 Å². The van der Waals surface area contributed by atoms with Crippen LogP contribution in [-0.4, -0.2) is 56.5 Å². The lowest BCUT2D eigenvalue weighted by atomic mass is 10.2. The Labute approximate surface area is 181 Å². The van der Waals surface area contributed by atoms with Crippen LogP contribution < -0.4 is 10.9 Å². The Morgan fingerprint density at radius 1 is 1.13 bits per heavy atom. The van der Waals surface area contributed by atoms with E-state index in [2.05, 4.69) is 20.4 Å². The molecule has 8 heteroatoms. The largest absolute Gasteiger partial charge is 0.354 e. The number of likely N-dealkylation sites (tertiary alicyclic amines) is 1. The van der Waals surface area contributed by atoms with Gasteiger partial charge in [0.1, 0.15) is 11.6 Å². The molecule has 0 aliphatic carbocycles. The number of fused-ring (bicyclic) bond motifs is 1. The third-order valence-electron chi connectivity index (χ3n) is 6.03. The monoisotopic (exact) mass is 422 g/mol. The van der Waals surface area contributed by atoms with Gasteiger partial charge in [-0.25, -0.2) is 9.36 Å². The SMILES string of the molecule is Cc1nn(C(C)C(=O)NCCCN2CCCC2)c(=O)c2c(C)n(-c3ccccc3)nc12. The molecular formula is C23H30N6O2. The Bertz CT molecular complexity index is 1130. The average Bonchev–Trinajstić information content (AvgIpc) is 3.42. The quantitative estimate of drug-likeness (QED) is 0.591. The summed E-state index contributed by atoms with van der Waals surface area (Å²) in [4.78, 5) is 28.4. The lowest BCUT2D eigenvalue weighted by Gasteiger charge is -2.17. The summed E-state index contributed by atoms with van der Waals surface area (Å²) in [5.41, 5.74) is 2.52. The van der Waals surface area contributed by atoms with Gasteiger partial charge < -0.3 is 10.2 Å². The third kappa shape index (κ3) is 4.25. The zero-order valence-corrected chi connectivity index (χ0v) is 18.5. The maximum atomic E-state index is 13.3. The van der Waals surface area contributed by atoms with Crippen LogP contribution in [0.15, 0.2) is 35.1 Å². The van der Waals surface area contributed by atoms with E-state index >= 15 is 0 Å². The van der Waals surface area contributed by atoms with E-state index in [1.165, 1.54) is 17.5 Å². The van der Waals surface area contributed by atoms with Gasteiger partial charge in [0.05, 0.1) is 22.5 Å². The number of benzene rings is 1. The number of amides is 1. The van der Waals surface area contributed by atoms with E-state index in [9.17, 15) is 9.59 Å². The summed E-state index contributed by atoms with van der Waals surface area (Å²) in [6.45, 7) is 9.30. The molecule has 2 aromatic heterocycles. The topological polar surface area (TPSA) is 85.0 Å². The predicted octanol–water partition coefficient (Wildman–Crippen LogP) is 2.36. The minimum absolute atomic E-state index is 0.192. The molecule has 4 rings (SSSR count). The zero-order valence-electron chi connectivity index (χ0n) is 18.5. The van der Waals surface area contributed by atoms with Crippen molar-refractivity contribution in [2.75, 3.05) is 26.2 Å².